The smallest absolute Gasteiger partial charge is 0.274 e. The van der Waals surface area contributed by atoms with Crippen molar-refractivity contribution in [2.24, 2.45) is 0 Å². The first-order valence-corrected chi connectivity index (χ1v) is 7.52. The first kappa shape index (κ1) is 14.5. The number of nitro groups is 1. The Morgan fingerprint density at radius 1 is 1.47 bits per heavy atom. The summed E-state index contributed by atoms with van der Waals surface area (Å²) in [7, 11) is 0. The Kier molecular flexibility index (Phi) is 4.25. The lowest BCUT2D eigenvalue weighted by Gasteiger charge is -2.30. The van der Waals surface area contributed by atoms with Crippen molar-refractivity contribution in [1.82, 2.24) is 0 Å². The number of rotatable bonds is 2. The van der Waals surface area contributed by atoms with Crippen LogP contribution in [-0.4, -0.2) is 22.2 Å². The molecule has 1 aromatic carbocycles. The topological polar surface area (TPSA) is 63.5 Å². The van der Waals surface area contributed by atoms with E-state index in [0.717, 1.165) is 12.8 Å². The lowest BCUT2D eigenvalue weighted by molar-refractivity contribution is -0.385. The summed E-state index contributed by atoms with van der Waals surface area (Å²) in [5.41, 5.74) is 1.16. The summed E-state index contributed by atoms with van der Waals surface area (Å²) in [5, 5.41) is 11.0. The highest BCUT2D eigenvalue weighted by Gasteiger charge is 2.30. The number of halogens is 2. The van der Waals surface area contributed by atoms with E-state index >= 15 is 0 Å². The molecule has 0 aliphatic carbocycles. The highest BCUT2D eigenvalue weighted by Crippen LogP contribution is 2.35. The molecular formula is C12H12Br2N2O3. The van der Waals surface area contributed by atoms with Crippen LogP contribution in [0.25, 0.3) is 0 Å². The zero-order chi connectivity index (χ0) is 14.2. The lowest BCUT2D eigenvalue weighted by Crippen LogP contribution is -2.42. The van der Waals surface area contributed by atoms with Crippen molar-refractivity contribution in [2.75, 3.05) is 11.4 Å². The van der Waals surface area contributed by atoms with E-state index in [1.165, 1.54) is 6.07 Å². The van der Waals surface area contributed by atoms with Gasteiger partial charge < -0.3 is 4.90 Å². The average Bonchev–Trinajstić information content (AvgIpc) is 2.33. The maximum atomic E-state index is 12.1. The number of nitrogens with zero attached hydrogens (tertiary/aromatic N) is 2. The van der Waals surface area contributed by atoms with E-state index in [4.69, 9.17) is 0 Å². The van der Waals surface area contributed by atoms with Crippen LogP contribution in [0, 0.1) is 17.0 Å². The predicted molar refractivity (Wildman–Crippen MR) is 79.8 cm³/mol. The van der Waals surface area contributed by atoms with E-state index in [2.05, 4.69) is 31.9 Å². The number of aryl methyl sites for hydroxylation is 1. The van der Waals surface area contributed by atoms with Gasteiger partial charge in [-0.25, -0.2) is 0 Å². The molecule has 7 heteroatoms. The quantitative estimate of drug-likeness (QED) is 0.440. The van der Waals surface area contributed by atoms with Crippen molar-refractivity contribution in [2.45, 2.75) is 24.6 Å². The van der Waals surface area contributed by atoms with Crippen LogP contribution in [0.2, 0.25) is 0 Å². The van der Waals surface area contributed by atoms with Crippen molar-refractivity contribution in [1.29, 1.82) is 0 Å². The second-order valence-corrected chi connectivity index (χ2v) is 6.41. The number of benzene rings is 1. The fourth-order valence-electron chi connectivity index (χ4n) is 2.12. The number of piperidine rings is 1. The zero-order valence-corrected chi connectivity index (χ0v) is 13.4. The number of hydrogen-bond donors (Lipinski definition) is 0. The molecule has 0 bridgehead atoms. The molecule has 1 aliphatic rings. The number of amides is 1. The van der Waals surface area contributed by atoms with Gasteiger partial charge in [0.15, 0.2) is 0 Å². The van der Waals surface area contributed by atoms with E-state index in [1.807, 2.05) is 0 Å². The molecule has 1 atom stereocenters. The minimum absolute atomic E-state index is 0.0303. The normalized spacial score (nSPS) is 19.6. The molecule has 1 aliphatic heterocycles. The molecule has 0 spiro atoms. The minimum atomic E-state index is -0.425. The monoisotopic (exact) mass is 390 g/mol. The largest absolute Gasteiger partial charge is 0.310 e. The third-order valence-corrected chi connectivity index (χ3v) is 4.61. The molecule has 1 heterocycles. The SMILES string of the molecule is Cc1cc(Br)c(N2CCCC(Br)C2=O)cc1[N+](=O)[O-]. The first-order chi connectivity index (χ1) is 8.91. The molecule has 2 rings (SSSR count). The average molecular weight is 392 g/mol. The highest BCUT2D eigenvalue weighted by molar-refractivity contribution is 9.10. The fraction of sp³-hybridized carbons (Fsp3) is 0.417. The van der Waals surface area contributed by atoms with Crippen LogP contribution >= 0.6 is 31.9 Å². The maximum Gasteiger partial charge on any atom is 0.274 e. The van der Waals surface area contributed by atoms with Crippen LogP contribution in [0.1, 0.15) is 18.4 Å². The van der Waals surface area contributed by atoms with Gasteiger partial charge in [0, 0.05) is 22.6 Å². The molecule has 1 fully saturated rings. The highest BCUT2D eigenvalue weighted by atomic mass is 79.9. The first-order valence-electron chi connectivity index (χ1n) is 5.82. The molecule has 5 nitrogen and oxygen atoms in total. The van der Waals surface area contributed by atoms with Crippen molar-refractivity contribution in [3.05, 3.63) is 32.3 Å². The number of carbonyl (C=O) groups is 1. The summed E-state index contributed by atoms with van der Waals surface area (Å²) in [5.74, 6) is -0.0508. The Hall–Kier alpha value is -0.950. The number of carbonyl (C=O) groups excluding carboxylic acids is 1. The van der Waals surface area contributed by atoms with Crippen LogP contribution in [0.15, 0.2) is 16.6 Å². The summed E-state index contributed by atoms with van der Waals surface area (Å²) in [4.78, 5) is 24.1. The van der Waals surface area contributed by atoms with Crippen molar-refractivity contribution >= 4 is 49.1 Å². The zero-order valence-electron chi connectivity index (χ0n) is 10.2. The van der Waals surface area contributed by atoms with Crippen LogP contribution in [0.5, 0.6) is 0 Å². The summed E-state index contributed by atoms with van der Waals surface area (Å²) in [6.07, 6.45) is 1.66. The van der Waals surface area contributed by atoms with Crippen molar-refractivity contribution in [3.63, 3.8) is 0 Å². The van der Waals surface area contributed by atoms with Gasteiger partial charge in [0.05, 0.1) is 15.4 Å². The third-order valence-electron chi connectivity index (χ3n) is 3.13. The molecule has 1 saturated heterocycles. The Morgan fingerprint density at radius 3 is 2.79 bits per heavy atom. The summed E-state index contributed by atoms with van der Waals surface area (Å²) < 4.78 is 0.700. The van der Waals surface area contributed by atoms with Crippen LogP contribution in [0.3, 0.4) is 0 Å². The standard InChI is InChI=1S/C12H12Br2N2O3/c1-7-5-9(14)11(6-10(7)16(18)19)15-4-2-3-8(13)12(15)17/h5-6,8H,2-4H2,1H3. The van der Waals surface area contributed by atoms with Gasteiger partial charge in [-0.3, -0.25) is 14.9 Å². The number of anilines is 1. The fourth-order valence-corrected chi connectivity index (χ4v) is 3.37. The third kappa shape index (κ3) is 2.81. The van der Waals surface area contributed by atoms with Crippen molar-refractivity contribution < 1.29 is 9.72 Å². The number of nitro benzene ring substituents is 1. The molecule has 102 valence electrons. The number of hydrogen-bond acceptors (Lipinski definition) is 3. The Morgan fingerprint density at radius 2 is 2.16 bits per heavy atom. The van der Waals surface area contributed by atoms with E-state index in [0.29, 0.717) is 22.3 Å². The lowest BCUT2D eigenvalue weighted by atomic mass is 10.1. The Labute approximate surface area is 127 Å². The van der Waals surface area contributed by atoms with E-state index in [9.17, 15) is 14.9 Å². The van der Waals surface area contributed by atoms with Gasteiger partial charge in [0.1, 0.15) is 0 Å². The van der Waals surface area contributed by atoms with Gasteiger partial charge in [0.2, 0.25) is 5.91 Å². The molecule has 0 saturated carbocycles. The van der Waals surface area contributed by atoms with Crippen LogP contribution < -0.4 is 4.90 Å². The van der Waals surface area contributed by atoms with Gasteiger partial charge in [-0.05, 0) is 41.8 Å². The molecule has 1 unspecified atom stereocenters. The molecular weight excluding hydrogens is 380 g/mol. The van der Waals surface area contributed by atoms with Gasteiger partial charge in [-0.15, -0.1) is 0 Å². The van der Waals surface area contributed by atoms with Crippen LogP contribution in [-0.2, 0) is 4.79 Å². The maximum absolute atomic E-state index is 12.1. The molecule has 0 N–H and O–H groups in total. The molecule has 0 aromatic heterocycles. The van der Waals surface area contributed by atoms with E-state index < -0.39 is 4.92 Å². The van der Waals surface area contributed by atoms with Gasteiger partial charge in [-0.1, -0.05) is 15.9 Å². The second kappa shape index (κ2) is 5.58. The second-order valence-electron chi connectivity index (χ2n) is 4.45. The molecule has 1 aromatic rings. The van der Waals surface area contributed by atoms with Gasteiger partial charge >= 0.3 is 0 Å². The van der Waals surface area contributed by atoms with E-state index in [-0.39, 0.29) is 16.4 Å². The van der Waals surface area contributed by atoms with Gasteiger partial charge in [-0.2, -0.15) is 0 Å². The Bertz CT molecular complexity index is 548. The van der Waals surface area contributed by atoms with Gasteiger partial charge in [0.25, 0.3) is 5.69 Å². The summed E-state index contributed by atoms with van der Waals surface area (Å²) >= 11 is 6.72. The molecule has 1 amide bonds. The summed E-state index contributed by atoms with van der Waals surface area (Å²) in [6, 6.07) is 3.14. The predicted octanol–water partition coefficient (Wildman–Crippen LogP) is 3.56. The minimum Gasteiger partial charge on any atom is -0.310 e. The van der Waals surface area contributed by atoms with Crippen molar-refractivity contribution in [3.8, 4) is 0 Å². The van der Waals surface area contributed by atoms with E-state index in [1.54, 1.807) is 17.9 Å². The van der Waals surface area contributed by atoms with Crippen LogP contribution in [0.4, 0.5) is 11.4 Å². The molecule has 19 heavy (non-hydrogen) atoms. The molecule has 0 radical (unpaired) electrons. The summed E-state index contributed by atoms with van der Waals surface area (Å²) in [6.45, 7) is 2.26. The Balaban J connectivity index is 2.47. The number of alkyl halides is 1.